The van der Waals surface area contributed by atoms with Gasteiger partial charge >= 0.3 is 0 Å². The van der Waals surface area contributed by atoms with Crippen molar-refractivity contribution < 1.29 is 0 Å². The number of piperidine rings is 3. The van der Waals surface area contributed by atoms with Crippen molar-refractivity contribution in [2.75, 3.05) is 26.2 Å². The fourth-order valence-electron chi connectivity index (χ4n) is 7.60. The third-order valence-corrected chi connectivity index (χ3v) is 8.43. The van der Waals surface area contributed by atoms with Crippen molar-refractivity contribution in [3.8, 4) is 0 Å². The van der Waals surface area contributed by atoms with E-state index < -0.39 is 0 Å². The van der Waals surface area contributed by atoms with Crippen LogP contribution >= 0.6 is 0 Å². The highest BCUT2D eigenvalue weighted by Gasteiger charge is 2.63. The number of nitrogens with zero attached hydrogens (tertiary/aromatic N) is 1. The molecule has 3 nitrogen and oxygen atoms in total. The van der Waals surface area contributed by atoms with Gasteiger partial charge in [-0.3, -0.25) is 4.90 Å². The molecule has 0 spiro atoms. The normalized spacial score (nSPS) is 53.5. The molecule has 0 aromatic carbocycles. The smallest absolute Gasteiger partial charge is 0.0261 e. The van der Waals surface area contributed by atoms with Crippen LogP contribution in [0.5, 0.6) is 0 Å². The van der Waals surface area contributed by atoms with Crippen LogP contribution in [0.25, 0.3) is 0 Å². The van der Waals surface area contributed by atoms with Gasteiger partial charge in [0.15, 0.2) is 0 Å². The van der Waals surface area contributed by atoms with E-state index in [1.54, 1.807) is 0 Å². The SMILES string of the molecule is CC1(C)C2CCNCC2N2C3CNCCC3C3CCCC1C32. The minimum atomic E-state index is 0.549. The first kappa shape index (κ1) is 14.2. The number of rotatable bonds is 0. The van der Waals surface area contributed by atoms with Gasteiger partial charge in [0.05, 0.1) is 0 Å². The van der Waals surface area contributed by atoms with Gasteiger partial charge in [0.2, 0.25) is 0 Å². The molecular formula is C19H33N3. The first-order valence-electron chi connectivity index (χ1n) is 9.88. The molecule has 3 heteroatoms. The minimum Gasteiger partial charge on any atom is -0.315 e. The second-order valence-electron chi connectivity index (χ2n) is 9.35. The largest absolute Gasteiger partial charge is 0.315 e. The molecule has 0 bridgehead atoms. The predicted molar refractivity (Wildman–Crippen MR) is 89.8 cm³/mol. The van der Waals surface area contributed by atoms with Gasteiger partial charge in [-0.25, -0.2) is 0 Å². The van der Waals surface area contributed by atoms with Crippen molar-refractivity contribution in [3.63, 3.8) is 0 Å². The second kappa shape index (κ2) is 4.94. The first-order valence-corrected chi connectivity index (χ1v) is 9.88. The van der Waals surface area contributed by atoms with E-state index in [0.29, 0.717) is 5.41 Å². The van der Waals surface area contributed by atoms with Crippen LogP contribution in [0.2, 0.25) is 0 Å². The van der Waals surface area contributed by atoms with Crippen LogP contribution in [0.4, 0.5) is 0 Å². The average molecular weight is 303 g/mol. The highest BCUT2D eigenvalue weighted by Crippen LogP contribution is 2.60. The molecule has 4 aliphatic heterocycles. The molecule has 4 saturated heterocycles. The van der Waals surface area contributed by atoms with Gasteiger partial charge in [-0.1, -0.05) is 20.3 Å². The van der Waals surface area contributed by atoms with Gasteiger partial charge in [-0.15, -0.1) is 0 Å². The fourth-order valence-corrected chi connectivity index (χ4v) is 7.60. The summed E-state index contributed by atoms with van der Waals surface area (Å²) in [5.41, 5.74) is 0.549. The number of hydrogen-bond donors (Lipinski definition) is 2. The Hall–Kier alpha value is -0.120. The summed E-state index contributed by atoms with van der Waals surface area (Å²) in [6, 6.07) is 2.55. The molecule has 5 aliphatic rings. The van der Waals surface area contributed by atoms with Gasteiger partial charge in [-0.2, -0.15) is 0 Å². The van der Waals surface area contributed by atoms with Gasteiger partial charge < -0.3 is 10.6 Å². The lowest BCUT2D eigenvalue weighted by atomic mass is 9.54. The zero-order valence-corrected chi connectivity index (χ0v) is 14.4. The molecule has 7 unspecified atom stereocenters. The predicted octanol–water partition coefficient (Wildman–Crippen LogP) is 2.08. The van der Waals surface area contributed by atoms with Gasteiger partial charge in [0, 0.05) is 31.2 Å². The van der Waals surface area contributed by atoms with Gasteiger partial charge in [0.25, 0.3) is 0 Å². The zero-order chi connectivity index (χ0) is 14.9. The Balaban J connectivity index is 1.59. The standard InChI is InChI=1S/C19H33N3/c1-19(2)14-7-9-21-11-17(14)22-16-10-20-8-6-12(16)13-4-3-5-15(19)18(13)22/h12-18,20-21H,3-11H2,1-2H3. The molecule has 124 valence electrons. The van der Waals surface area contributed by atoms with Crippen molar-refractivity contribution in [2.45, 2.75) is 64.1 Å². The van der Waals surface area contributed by atoms with E-state index in [1.165, 1.54) is 58.3 Å². The Morgan fingerprint density at radius 1 is 0.818 bits per heavy atom. The van der Waals surface area contributed by atoms with E-state index in [1.807, 2.05) is 0 Å². The third kappa shape index (κ3) is 1.74. The molecule has 7 atom stereocenters. The minimum absolute atomic E-state index is 0.549. The van der Waals surface area contributed by atoms with Crippen LogP contribution < -0.4 is 10.6 Å². The molecule has 2 N–H and O–H groups in total. The lowest BCUT2D eigenvalue weighted by molar-refractivity contribution is -0.117. The maximum atomic E-state index is 3.73. The molecule has 0 aromatic rings. The van der Waals surface area contributed by atoms with E-state index in [2.05, 4.69) is 29.4 Å². The lowest BCUT2D eigenvalue weighted by Gasteiger charge is -2.61. The number of nitrogens with one attached hydrogen (secondary N) is 2. The highest BCUT2D eigenvalue weighted by molar-refractivity contribution is 5.16. The molecule has 0 aromatic heterocycles. The number of fused-ring (bicyclic) bond motifs is 5. The van der Waals surface area contributed by atoms with Crippen molar-refractivity contribution in [1.29, 1.82) is 0 Å². The zero-order valence-electron chi connectivity index (χ0n) is 14.4. The summed E-state index contributed by atoms with van der Waals surface area (Å²) in [6.07, 6.45) is 7.33. The summed E-state index contributed by atoms with van der Waals surface area (Å²) in [4.78, 5) is 3.08. The van der Waals surface area contributed by atoms with Gasteiger partial charge in [0.1, 0.15) is 0 Å². The molecule has 22 heavy (non-hydrogen) atoms. The molecular weight excluding hydrogens is 270 g/mol. The van der Waals surface area contributed by atoms with Gasteiger partial charge in [-0.05, 0) is 67.9 Å². The van der Waals surface area contributed by atoms with Crippen LogP contribution in [0, 0.1) is 29.1 Å². The van der Waals surface area contributed by atoms with Crippen molar-refractivity contribution in [1.82, 2.24) is 15.5 Å². The number of hydrogen-bond acceptors (Lipinski definition) is 3. The van der Waals surface area contributed by atoms with E-state index in [9.17, 15) is 0 Å². The fraction of sp³-hybridized carbons (Fsp3) is 1.00. The van der Waals surface area contributed by atoms with Crippen LogP contribution in [-0.4, -0.2) is 49.2 Å². The van der Waals surface area contributed by atoms with E-state index in [4.69, 9.17) is 0 Å². The topological polar surface area (TPSA) is 27.3 Å². The van der Waals surface area contributed by atoms with E-state index >= 15 is 0 Å². The maximum Gasteiger partial charge on any atom is 0.0261 e. The molecule has 5 fully saturated rings. The second-order valence-corrected chi connectivity index (χ2v) is 9.35. The third-order valence-electron chi connectivity index (χ3n) is 8.43. The summed E-state index contributed by atoms with van der Waals surface area (Å²) in [5, 5.41) is 7.46. The summed E-state index contributed by atoms with van der Waals surface area (Å²) in [7, 11) is 0. The Morgan fingerprint density at radius 3 is 2.45 bits per heavy atom. The van der Waals surface area contributed by atoms with Crippen molar-refractivity contribution in [3.05, 3.63) is 0 Å². The summed E-state index contributed by atoms with van der Waals surface area (Å²) < 4.78 is 0. The molecule has 0 amide bonds. The maximum absolute atomic E-state index is 3.73. The monoisotopic (exact) mass is 303 g/mol. The lowest BCUT2D eigenvalue weighted by Crippen LogP contribution is -2.68. The summed E-state index contributed by atoms with van der Waals surface area (Å²) in [6.45, 7) is 10.3. The molecule has 1 aliphatic carbocycles. The van der Waals surface area contributed by atoms with Crippen LogP contribution in [0.3, 0.4) is 0 Å². The summed E-state index contributed by atoms with van der Waals surface area (Å²) in [5.74, 6) is 3.86. The highest BCUT2D eigenvalue weighted by atomic mass is 15.3. The Kier molecular flexibility index (Phi) is 3.20. The quantitative estimate of drug-likeness (QED) is 0.717. The van der Waals surface area contributed by atoms with E-state index in [-0.39, 0.29) is 0 Å². The van der Waals surface area contributed by atoms with Crippen LogP contribution in [-0.2, 0) is 0 Å². The van der Waals surface area contributed by atoms with Crippen LogP contribution in [0.15, 0.2) is 0 Å². The van der Waals surface area contributed by atoms with Crippen molar-refractivity contribution in [2.24, 2.45) is 29.1 Å². The Bertz CT molecular complexity index is 448. The molecule has 0 radical (unpaired) electrons. The first-order chi connectivity index (χ1) is 10.7. The van der Waals surface area contributed by atoms with E-state index in [0.717, 1.165) is 41.8 Å². The molecule has 4 heterocycles. The molecule has 5 rings (SSSR count). The average Bonchev–Trinajstić information content (AvgIpc) is 2.88. The Labute approximate surface area is 135 Å². The Morgan fingerprint density at radius 2 is 1.59 bits per heavy atom. The van der Waals surface area contributed by atoms with Crippen molar-refractivity contribution >= 4 is 0 Å². The van der Waals surface area contributed by atoms with Crippen LogP contribution in [0.1, 0.15) is 46.0 Å². The molecule has 1 saturated carbocycles. The summed E-state index contributed by atoms with van der Waals surface area (Å²) >= 11 is 0.